The summed E-state index contributed by atoms with van der Waals surface area (Å²) in [5.41, 5.74) is 2.60. The monoisotopic (exact) mass is 350 g/mol. The van der Waals surface area contributed by atoms with Crippen molar-refractivity contribution >= 4 is 17.5 Å². The number of benzene rings is 1. The Morgan fingerprint density at radius 1 is 1.15 bits per heavy atom. The molecule has 2 atom stereocenters. The zero-order valence-corrected chi connectivity index (χ0v) is 14.0. The highest BCUT2D eigenvalue weighted by atomic mass is 16.4. The molecular formula is C19H18N4O3. The molecule has 7 nitrogen and oxygen atoms in total. The zero-order chi connectivity index (χ0) is 18.1. The highest BCUT2D eigenvalue weighted by Crippen LogP contribution is 2.26. The maximum Gasteiger partial charge on any atom is 0.308 e. The molecule has 0 radical (unpaired) electrons. The largest absolute Gasteiger partial charge is 0.481 e. The Morgan fingerprint density at radius 3 is 2.73 bits per heavy atom. The van der Waals surface area contributed by atoms with Crippen molar-refractivity contribution in [3.05, 3.63) is 54.4 Å². The molecule has 1 aliphatic rings. The molecule has 1 aromatic carbocycles. The lowest BCUT2D eigenvalue weighted by Gasteiger charge is -2.17. The molecule has 7 heteroatoms. The predicted molar refractivity (Wildman–Crippen MR) is 94.7 cm³/mol. The van der Waals surface area contributed by atoms with Gasteiger partial charge in [0, 0.05) is 17.8 Å². The number of carbonyl (C=O) groups is 2. The predicted octanol–water partition coefficient (Wildman–Crippen LogP) is 2.38. The van der Waals surface area contributed by atoms with Gasteiger partial charge in [0.1, 0.15) is 5.56 Å². The van der Waals surface area contributed by atoms with Gasteiger partial charge in [0.2, 0.25) is 0 Å². The van der Waals surface area contributed by atoms with Gasteiger partial charge in [-0.25, -0.2) is 9.50 Å². The highest BCUT2D eigenvalue weighted by Gasteiger charge is 2.34. The third kappa shape index (κ3) is 2.81. The first-order valence-corrected chi connectivity index (χ1v) is 8.57. The molecule has 1 aliphatic carbocycles. The van der Waals surface area contributed by atoms with E-state index in [1.54, 1.807) is 10.7 Å². The van der Waals surface area contributed by atoms with Gasteiger partial charge >= 0.3 is 5.97 Å². The number of carboxylic acid groups (broad SMARTS) is 1. The molecule has 26 heavy (non-hydrogen) atoms. The third-order valence-electron chi connectivity index (χ3n) is 4.87. The lowest BCUT2D eigenvalue weighted by atomic mass is 10.0. The van der Waals surface area contributed by atoms with Gasteiger partial charge in [-0.15, -0.1) is 0 Å². The van der Waals surface area contributed by atoms with Gasteiger partial charge in [0.05, 0.1) is 17.8 Å². The van der Waals surface area contributed by atoms with E-state index in [1.165, 1.54) is 6.20 Å². The number of amides is 1. The number of nitrogens with zero attached hydrogens (tertiary/aromatic N) is 3. The highest BCUT2D eigenvalue weighted by molar-refractivity contribution is 6.00. The molecule has 0 unspecified atom stereocenters. The van der Waals surface area contributed by atoms with E-state index >= 15 is 0 Å². The summed E-state index contributed by atoms with van der Waals surface area (Å²) < 4.78 is 1.63. The number of hydrogen-bond donors (Lipinski definition) is 2. The van der Waals surface area contributed by atoms with Gasteiger partial charge in [0.15, 0.2) is 5.65 Å². The van der Waals surface area contributed by atoms with Crippen LogP contribution >= 0.6 is 0 Å². The number of rotatable bonds is 4. The molecule has 1 fully saturated rings. The van der Waals surface area contributed by atoms with E-state index in [-0.39, 0.29) is 11.9 Å². The Morgan fingerprint density at radius 2 is 1.96 bits per heavy atom. The van der Waals surface area contributed by atoms with E-state index in [1.807, 2.05) is 36.4 Å². The number of aliphatic carboxylic acids is 1. The number of hydrogen-bond acceptors (Lipinski definition) is 4. The van der Waals surface area contributed by atoms with Crippen LogP contribution in [0.5, 0.6) is 0 Å². The fourth-order valence-electron chi connectivity index (χ4n) is 3.55. The van der Waals surface area contributed by atoms with Crippen LogP contribution in [-0.2, 0) is 4.79 Å². The minimum Gasteiger partial charge on any atom is -0.481 e. The van der Waals surface area contributed by atoms with Crippen molar-refractivity contribution in [2.75, 3.05) is 0 Å². The van der Waals surface area contributed by atoms with Crippen LogP contribution in [0.4, 0.5) is 0 Å². The van der Waals surface area contributed by atoms with Crippen molar-refractivity contribution in [1.29, 1.82) is 0 Å². The molecule has 4 rings (SSSR count). The van der Waals surface area contributed by atoms with Gasteiger partial charge in [0.25, 0.3) is 5.91 Å². The Balaban J connectivity index is 1.66. The average molecular weight is 350 g/mol. The molecular weight excluding hydrogens is 332 g/mol. The van der Waals surface area contributed by atoms with Crippen LogP contribution < -0.4 is 5.32 Å². The molecule has 0 saturated heterocycles. The normalized spacial score (nSPS) is 19.5. The summed E-state index contributed by atoms with van der Waals surface area (Å²) in [6.07, 6.45) is 5.18. The van der Waals surface area contributed by atoms with Gasteiger partial charge in [-0.2, -0.15) is 5.10 Å². The Kier molecular flexibility index (Phi) is 4.12. The molecule has 1 amide bonds. The van der Waals surface area contributed by atoms with E-state index in [2.05, 4.69) is 15.4 Å². The fourth-order valence-corrected chi connectivity index (χ4v) is 3.55. The molecule has 132 valence electrons. The second-order valence-electron chi connectivity index (χ2n) is 6.45. The summed E-state index contributed by atoms with van der Waals surface area (Å²) in [7, 11) is 0. The first kappa shape index (κ1) is 16.3. The molecule has 0 spiro atoms. The lowest BCUT2D eigenvalue weighted by Crippen LogP contribution is -2.40. The maximum absolute atomic E-state index is 12.7. The Bertz CT molecular complexity index is 967. The van der Waals surface area contributed by atoms with Crippen LogP contribution in [0.2, 0.25) is 0 Å². The molecule has 0 aliphatic heterocycles. The Hall–Kier alpha value is -3.22. The van der Waals surface area contributed by atoms with Crippen LogP contribution in [0.15, 0.2) is 48.8 Å². The van der Waals surface area contributed by atoms with Gasteiger partial charge in [-0.05, 0) is 18.9 Å². The number of carboxylic acids is 1. The second-order valence-corrected chi connectivity index (χ2v) is 6.45. The molecule has 3 aromatic rings. The minimum atomic E-state index is -0.864. The standard InChI is InChI=1S/C19H18N4O3/c24-18(22-15-8-4-7-13(15)19(25)26)14-11-21-23-16(9-10-20-17(14)23)12-5-2-1-3-6-12/h1-3,5-6,9-11,13,15H,4,7-8H2,(H,22,24)(H,25,26)/t13-,15+/m1/s1. The summed E-state index contributed by atoms with van der Waals surface area (Å²) in [6.45, 7) is 0. The van der Waals surface area contributed by atoms with Crippen molar-refractivity contribution in [3.8, 4) is 11.3 Å². The smallest absolute Gasteiger partial charge is 0.308 e. The van der Waals surface area contributed by atoms with Crippen molar-refractivity contribution in [2.45, 2.75) is 25.3 Å². The van der Waals surface area contributed by atoms with E-state index in [9.17, 15) is 14.7 Å². The summed E-state index contributed by atoms with van der Waals surface area (Å²) in [5.74, 6) is -1.73. The van der Waals surface area contributed by atoms with Gasteiger partial charge in [-0.3, -0.25) is 9.59 Å². The van der Waals surface area contributed by atoms with Crippen LogP contribution in [-0.4, -0.2) is 37.6 Å². The van der Waals surface area contributed by atoms with Crippen molar-refractivity contribution in [1.82, 2.24) is 19.9 Å². The van der Waals surface area contributed by atoms with E-state index < -0.39 is 11.9 Å². The molecule has 2 aromatic heterocycles. The molecule has 0 bridgehead atoms. The molecule has 1 saturated carbocycles. The maximum atomic E-state index is 12.7. The quantitative estimate of drug-likeness (QED) is 0.753. The third-order valence-corrected chi connectivity index (χ3v) is 4.87. The molecule has 2 N–H and O–H groups in total. The van der Waals surface area contributed by atoms with Crippen LogP contribution in [0, 0.1) is 5.92 Å². The molecule has 2 heterocycles. The SMILES string of the molecule is O=C(N[C@H]1CCC[C@H]1C(=O)O)c1cnn2c(-c3ccccc3)ccnc12. The second kappa shape index (κ2) is 6.59. The van der Waals surface area contributed by atoms with Crippen molar-refractivity contribution in [2.24, 2.45) is 5.92 Å². The number of aromatic nitrogens is 3. The van der Waals surface area contributed by atoms with Gasteiger partial charge in [-0.1, -0.05) is 36.8 Å². The van der Waals surface area contributed by atoms with E-state index in [0.29, 0.717) is 24.1 Å². The van der Waals surface area contributed by atoms with Crippen LogP contribution in [0.3, 0.4) is 0 Å². The van der Waals surface area contributed by atoms with Crippen molar-refractivity contribution in [3.63, 3.8) is 0 Å². The number of nitrogens with one attached hydrogen (secondary N) is 1. The summed E-state index contributed by atoms with van der Waals surface area (Å²) in [4.78, 5) is 28.3. The topological polar surface area (TPSA) is 96.6 Å². The minimum absolute atomic E-state index is 0.337. The first-order valence-electron chi connectivity index (χ1n) is 8.57. The van der Waals surface area contributed by atoms with Gasteiger partial charge < -0.3 is 10.4 Å². The van der Waals surface area contributed by atoms with E-state index in [0.717, 1.165) is 17.7 Å². The fraction of sp³-hybridized carbons (Fsp3) is 0.263. The first-order chi connectivity index (χ1) is 12.6. The number of fused-ring (bicyclic) bond motifs is 1. The summed E-state index contributed by atoms with van der Waals surface area (Å²) in [6, 6.07) is 11.2. The van der Waals surface area contributed by atoms with E-state index in [4.69, 9.17) is 0 Å². The average Bonchev–Trinajstić information content (AvgIpc) is 3.29. The van der Waals surface area contributed by atoms with Crippen LogP contribution in [0.1, 0.15) is 29.6 Å². The summed E-state index contributed by atoms with van der Waals surface area (Å²) in [5, 5.41) is 16.5. The van der Waals surface area contributed by atoms with Crippen molar-refractivity contribution < 1.29 is 14.7 Å². The zero-order valence-electron chi connectivity index (χ0n) is 14.0. The number of carbonyl (C=O) groups excluding carboxylic acids is 1. The lowest BCUT2D eigenvalue weighted by molar-refractivity contribution is -0.142. The Labute approximate surface area is 149 Å². The van der Waals surface area contributed by atoms with Crippen LogP contribution in [0.25, 0.3) is 16.9 Å². The summed E-state index contributed by atoms with van der Waals surface area (Å²) >= 11 is 0.